The molecule has 2 aromatic carbocycles. The number of aromatic nitrogens is 4. The number of non-ortho nitro benzene ring substituents is 1. The second-order valence-corrected chi connectivity index (χ2v) is 6.69. The van der Waals surface area contributed by atoms with Crippen LogP contribution in [0.1, 0.15) is 5.56 Å². The largest absolute Gasteiger partial charge is 0.293 e. The highest BCUT2D eigenvalue weighted by atomic mass is 32.2. The van der Waals surface area contributed by atoms with E-state index >= 15 is 0 Å². The van der Waals surface area contributed by atoms with Gasteiger partial charge < -0.3 is 0 Å². The van der Waals surface area contributed by atoms with Crippen LogP contribution in [0.15, 0.2) is 64.6 Å². The van der Waals surface area contributed by atoms with Crippen LogP contribution in [0.2, 0.25) is 0 Å². The molecule has 10 heteroatoms. The topological polar surface area (TPSA) is 121 Å². The molecule has 0 N–H and O–H groups in total. The molecule has 0 radical (unpaired) electrons. The van der Waals surface area contributed by atoms with Crippen LogP contribution >= 0.6 is 0 Å². The van der Waals surface area contributed by atoms with Crippen molar-refractivity contribution in [3.05, 3.63) is 70.3 Å². The van der Waals surface area contributed by atoms with Gasteiger partial charge in [-0.25, -0.2) is 8.42 Å². The van der Waals surface area contributed by atoms with E-state index in [1.807, 2.05) is 0 Å². The molecule has 0 amide bonds. The van der Waals surface area contributed by atoms with Crippen molar-refractivity contribution in [1.29, 1.82) is 0 Å². The SMILES string of the molecule is O=[N+]([O-])c1ccc(Cn2nnc(S(=O)(=O)c3ccccc3)n2)cc1. The minimum absolute atomic E-state index is 0.0300. The van der Waals surface area contributed by atoms with Crippen molar-refractivity contribution in [2.75, 3.05) is 0 Å². The zero-order valence-corrected chi connectivity index (χ0v) is 13.0. The molecule has 0 aliphatic heterocycles. The smallest absolute Gasteiger partial charge is 0.258 e. The van der Waals surface area contributed by atoms with Crippen molar-refractivity contribution in [1.82, 2.24) is 20.2 Å². The molecule has 0 saturated heterocycles. The van der Waals surface area contributed by atoms with E-state index in [1.165, 1.54) is 24.3 Å². The fraction of sp³-hybridized carbons (Fsp3) is 0.0714. The molecule has 24 heavy (non-hydrogen) atoms. The van der Waals surface area contributed by atoms with Crippen LogP contribution in [0.3, 0.4) is 0 Å². The van der Waals surface area contributed by atoms with Crippen molar-refractivity contribution in [2.45, 2.75) is 16.6 Å². The highest BCUT2D eigenvalue weighted by Crippen LogP contribution is 2.16. The lowest BCUT2D eigenvalue weighted by atomic mass is 10.2. The van der Waals surface area contributed by atoms with Gasteiger partial charge in [0.2, 0.25) is 9.84 Å². The lowest BCUT2D eigenvalue weighted by Crippen LogP contribution is -2.07. The number of tetrazole rings is 1. The van der Waals surface area contributed by atoms with Gasteiger partial charge in [-0.05, 0) is 22.9 Å². The summed E-state index contributed by atoms with van der Waals surface area (Å²) in [6, 6.07) is 13.6. The van der Waals surface area contributed by atoms with E-state index in [2.05, 4.69) is 15.4 Å². The summed E-state index contributed by atoms with van der Waals surface area (Å²) in [5.41, 5.74) is 0.652. The Kier molecular flexibility index (Phi) is 4.04. The van der Waals surface area contributed by atoms with E-state index in [1.54, 1.807) is 30.3 Å². The number of rotatable bonds is 5. The maximum Gasteiger partial charge on any atom is 0.293 e. The predicted molar refractivity (Wildman–Crippen MR) is 81.9 cm³/mol. The van der Waals surface area contributed by atoms with Crippen molar-refractivity contribution < 1.29 is 13.3 Å². The maximum absolute atomic E-state index is 12.4. The zero-order chi connectivity index (χ0) is 17.2. The third-order valence-corrected chi connectivity index (χ3v) is 4.74. The van der Waals surface area contributed by atoms with Gasteiger partial charge in [-0.3, -0.25) is 10.1 Å². The van der Waals surface area contributed by atoms with Crippen LogP contribution in [0, 0.1) is 10.1 Å². The standard InChI is InChI=1S/C14H11N5O4S/c20-19(21)12-8-6-11(7-9-12)10-18-16-14(15-17-18)24(22,23)13-4-2-1-3-5-13/h1-9H,10H2. The number of nitrogens with zero attached hydrogens (tertiary/aromatic N) is 5. The molecule has 0 aliphatic carbocycles. The fourth-order valence-electron chi connectivity index (χ4n) is 1.99. The van der Waals surface area contributed by atoms with Crippen molar-refractivity contribution >= 4 is 15.5 Å². The monoisotopic (exact) mass is 345 g/mol. The first-order valence-electron chi connectivity index (χ1n) is 6.78. The van der Waals surface area contributed by atoms with Crippen LogP contribution in [-0.2, 0) is 16.4 Å². The highest BCUT2D eigenvalue weighted by Gasteiger charge is 2.23. The molecule has 122 valence electrons. The Morgan fingerprint density at radius 1 is 1.04 bits per heavy atom. The van der Waals surface area contributed by atoms with Crippen LogP contribution in [0.5, 0.6) is 0 Å². The molecule has 0 unspecified atom stereocenters. The Bertz CT molecular complexity index is 968. The Balaban J connectivity index is 1.82. The molecule has 1 aromatic heterocycles. The van der Waals surface area contributed by atoms with Gasteiger partial charge in [-0.15, -0.1) is 5.10 Å². The normalized spacial score (nSPS) is 11.3. The predicted octanol–water partition coefficient (Wildman–Crippen LogP) is 1.46. The third kappa shape index (κ3) is 3.13. The molecule has 0 bridgehead atoms. The Morgan fingerprint density at radius 2 is 1.71 bits per heavy atom. The lowest BCUT2D eigenvalue weighted by Gasteiger charge is -2.00. The van der Waals surface area contributed by atoms with Gasteiger partial charge in [0.05, 0.1) is 16.4 Å². The Labute approximate surface area is 136 Å². The first-order chi connectivity index (χ1) is 11.5. The first kappa shape index (κ1) is 15.7. The Morgan fingerprint density at radius 3 is 2.33 bits per heavy atom. The van der Waals surface area contributed by atoms with E-state index < -0.39 is 19.9 Å². The summed E-state index contributed by atoms with van der Waals surface area (Å²) in [5.74, 6) is 0. The van der Waals surface area contributed by atoms with Crippen LogP contribution < -0.4 is 0 Å². The second-order valence-electron chi connectivity index (χ2n) is 4.84. The number of benzene rings is 2. The van der Waals surface area contributed by atoms with Gasteiger partial charge in [-0.1, -0.05) is 35.4 Å². The molecule has 0 fully saturated rings. The summed E-state index contributed by atoms with van der Waals surface area (Å²) in [5, 5.41) is 21.4. The summed E-state index contributed by atoms with van der Waals surface area (Å²) in [7, 11) is -3.82. The first-order valence-corrected chi connectivity index (χ1v) is 8.26. The third-order valence-electron chi connectivity index (χ3n) is 3.20. The number of sulfone groups is 1. The van der Waals surface area contributed by atoms with Gasteiger partial charge >= 0.3 is 0 Å². The van der Waals surface area contributed by atoms with Crippen molar-refractivity contribution in [3.63, 3.8) is 0 Å². The number of nitro benzene ring substituents is 1. The second kappa shape index (κ2) is 6.16. The van der Waals surface area contributed by atoms with Gasteiger partial charge in [0.25, 0.3) is 10.8 Å². The van der Waals surface area contributed by atoms with Crippen molar-refractivity contribution in [2.24, 2.45) is 0 Å². The van der Waals surface area contributed by atoms with Gasteiger partial charge in [0.15, 0.2) is 0 Å². The molecule has 0 spiro atoms. The van der Waals surface area contributed by atoms with Crippen LogP contribution in [0.25, 0.3) is 0 Å². The van der Waals surface area contributed by atoms with Crippen LogP contribution in [-0.4, -0.2) is 33.5 Å². The summed E-state index contributed by atoms with van der Waals surface area (Å²) >= 11 is 0. The molecule has 1 heterocycles. The average Bonchev–Trinajstić information content (AvgIpc) is 3.05. The van der Waals surface area contributed by atoms with E-state index in [-0.39, 0.29) is 17.1 Å². The van der Waals surface area contributed by atoms with Crippen molar-refractivity contribution in [3.8, 4) is 0 Å². The number of hydrogen-bond donors (Lipinski definition) is 0. The number of hydrogen-bond acceptors (Lipinski definition) is 7. The Hall–Kier alpha value is -3.14. The van der Waals surface area contributed by atoms with Gasteiger partial charge in [0.1, 0.15) is 0 Å². The molecular weight excluding hydrogens is 334 g/mol. The minimum Gasteiger partial charge on any atom is -0.258 e. The summed E-state index contributed by atoms with van der Waals surface area (Å²) < 4.78 is 24.7. The molecule has 0 aliphatic rings. The maximum atomic E-state index is 12.4. The zero-order valence-electron chi connectivity index (χ0n) is 12.2. The van der Waals surface area contributed by atoms with E-state index in [4.69, 9.17) is 0 Å². The quantitative estimate of drug-likeness (QED) is 0.507. The molecule has 9 nitrogen and oxygen atoms in total. The average molecular weight is 345 g/mol. The van der Waals surface area contributed by atoms with Gasteiger partial charge in [0, 0.05) is 12.1 Å². The van der Waals surface area contributed by atoms with E-state index in [0.29, 0.717) is 5.56 Å². The molecule has 3 rings (SSSR count). The van der Waals surface area contributed by atoms with Crippen LogP contribution in [0.4, 0.5) is 5.69 Å². The van der Waals surface area contributed by atoms with Gasteiger partial charge in [-0.2, -0.15) is 4.80 Å². The molecule has 0 atom stereocenters. The molecule has 3 aromatic rings. The molecular formula is C14H11N5O4S. The summed E-state index contributed by atoms with van der Waals surface area (Å²) in [6.07, 6.45) is 0. The summed E-state index contributed by atoms with van der Waals surface area (Å²) in [4.78, 5) is 11.3. The lowest BCUT2D eigenvalue weighted by molar-refractivity contribution is -0.384. The number of nitro groups is 1. The highest BCUT2D eigenvalue weighted by molar-refractivity contribution is 7.91. The molecule has 0 saturated carbocycles. The van der Waals surface area contributed by atoms with E-state index in [9.17, 15) is 18.5 Å². The van der Waals surface area contributed by atoms with E-state index in [0.717, 1.165) is 4.80 Å². The summed E-state index contributed by atoms with van der Waals surface area (Å²) in [6.45, 7) is 0.148. The fourth-order valence-corrected chi connectivity index (χ4v) is 3.07. The minimum atomic E-state index is -3.82.